The minimum atomic E-state index is -4.51. The number of esters is 1. The minimum Gasteiger partial charge on any atom is -0.490 e. The van der Waals surface area contributed by atoms with Gasteiger partial charge >= 0.3 is 12.1 Å². The molecule has 0 saturated carbocycles. The monoisotopic (exact) mass is 655 g/mol. The van der Waals surface area contributed by atoms with Gasteiger partial charge in [-0.3, -0.25) is 4.79 Å². The van der Waals surface area contributed by atoms with Gasteiger partial charge in [0.25, 0.3) is 5.91 Å². The summed E-state index contributed by atoms with van der Waals surface area (Å²) in [6.07, 6.45) is -3.80. The zero-order valence-electron chi connectivity index (χ0n) is 27.9. The predicted molar refractivity (Wildman–Crippen MR) is 170 cm³/mol. The van der Waals surface area contributed by atoms with Gasteiger partial charge in [-0.05, 0) is 137 Å². The second kappa shape index (κ2) is 12.9. The van der Waals surface area contributed by atoms with Crippen molar-refractivity contribution in [3.05, 3.63) is 86.2 Å². The van der Waals surface area contributed by atoms with E-state index in [1.807, 2.05) is 41.5 Å². The van der Waals surface area contributed by atoms with Crippen molar-refractivity contribution in [2.24, 2.45) is 0 Å². The van der Waals surface area contributed by atoms with E-state index in [4.69, 9.17) is 14.2 Å². The highest BCUT2D eigenvalue weighted by Gasteiger charge is 2.37. The first kappa shape index (κ1) is 34.4. The van der Waals surface area contributed by atoms with Gasteiger partial charge in [0.2, 0.25) is 0 Å². The van der Waals surface area contributed by atoms with E-state index in [9.17, 15) is 22.8 Å². The second-order valence-corrected chi connectivity index (χ2v) is 13.2. The number of ether oxygens (including phenoxy) is 3. The van der Waals surface area contributed by atoms with Gasteiger partial charge < -0.3 is 19.1 Å². The smallest absolute Gasteiger partial charge is 0.416 e. The largest absolute Gasteiger partial charge is 0.490 e. The van der Waals surface area contributed by atoms with Crippen molar-refractivity contribution < 1.29 is 41.4 Å². The molecule has 47 heavy (non-hydrogen) atoms. The number of hydrogen-bond donors (Lipinski definition) is 0. The van der Waals surface area contributed by atoms with Gasteiger partial charge in [-0.2, -0.15) is 13.2 Å². The van der Waals surface area contributed by atoms with E-state index >= 15 is 4.39 Å². The van der Waals surface area contributed by atoms with Gasteiger partial charge in [0.15, 0.2) is 17.7 Å². The van der Waals surface area contributed by atoms with E-state index in [-0.39, 0.29) is 30.4 Å². The molecule has 2 heterocycles. The maximum Gasteiger partial charge on any atom is 0.416 e. The summed E-state index contributed by atoms with van der Waals surface area (Å²) in [6.45, 7) is 14.1. The molecule has 252 valence electrons. The summed E-state index contributed by atoms with van der Waals surface area (Å²) in [7, 11) is 0. The molecule has 0 N–H and O–H groups in total. The average molecular weight is 656 g/mol. The second-order valence-electron chi connectivity index (χ2n) is 13.2. The highest BCUT2D eigenvalue weighted by atomic mass is 19.4. The number of amides is 1. The number of halogens is 4. The van der Waals surface area contributed by atoms with E-state index < -0.39 is 35.2 Å². The molecular weight excluding hydrogens is 614 g/mol. The number of fused-ring (bicyclic) bond motifs is 2. The number of carbonyl (C=O) groups excluding carboxylic acids is 2. The molecule has 1 atom stereocenters. The van der Waals surface area contributed by atoms with Crippen molar-refractivity contribution in [1.82, 2.24) is 4.90 Å². The van der Waals surface area contributed by atoms with Crippen molar-refractivity contribution >= 4 is 11.9 Å². The molecule has 0 bridgehead atoms. The first-order valence-corrected chi connectivity index (χ1v) is 15.9. The lowest BCUT2D eigenvalue weighted by Gasteiger charge is -2.36. The molecule has 2 aliphatic heterocycles. The summed E-state index contributed by atoms with van der Waals surface area (Å²) in [5.41, 5.74) is 5.37. The topological polar surface area (TPSA) is 65.1 Å². The van der Waals surface area contributed by atoms with Gasteiger partial charge in [-0.15, -0.1) is 0 Å². The highest BCUT2D eigenvalue weighted by molar-refractivity contribution is 5.94. The summed E-state index contributed by atoms with van der Waals surface area (Å²) >= 11 is 0. The fourth-order valence-electron chi connectivity index (χ4n) is 6.77. The van der Waals surface area contributed by atoms with Gasteiger partial charge in [-0.1, -0.05) is 0 Å². The molecule has 1 unspecified atom stereocenters. The van der Waals surface area contributed by atoms with Crippen LogP contribution >= 0.6 is 0 Å². The lowest BCUT2D eigenvalue weighted by atomic mass is 9.78. The molecule has 0 radical (unpaired) electrons. The summed E-state index contributed by atoms with van der Waals surface area (Å²) < 4.78 is 72.9. The molecule has 0 aromatic heterocycles. The fraction of sp³-hybridized carbons (Fsp3) is 0.459. The van der Waals surface area contributed by atoms with Crippen molar-refractivity contribution in [2.75, 3.05) is 19.8 Å². The summed E-state index contributed by atoms with van der Waals surface area (Å²) in [4.78, 5) is 28.8. The Balaban J connectivity index is 1.70. The van der Waals surface area contributed by atoms with Gasteiger partial charge in [0.05, 0.1) is 24.4 Å². The van der Waals surface area contributed by atoms with Crippen molar-refractivity contribution in [3.8, 4) is 16.9 Å². The number of benzene rings is 3. The predicted octanol–water partition coefficient (Wildman–Crippen LogP) is 8.38. The van der Waals surface area contributed by atoms with E-state index in [1.165, 1.54) is 18.2 Å². The Kier molecular flexibility index (Phi) is 9.48. The van der Waals surface area contributed by atoms with Crippen LogP contribution in [0.4, 0.5) is 17.6 Å². The van der Waals surface area contributed by atoms with Crippen LogP contribution in [0.5, 0.6) is 5.75 Å². The molecule has 10 heteroatoms. The van der Waals surface area contributed by atoms with Gasteiger partial charge in [0, 0.05) is 29.8 Å². The Bertz CT molecular complexity index is 1710. The molecule has 2 aliphatic rings. The Morgan fingerprint density at radius 1 is 0.957 bits per heavy atom. The van der Waals surface area contributed by atoms with E-state index in [0.717, 1.165) is 51.9 Å². The zero-order valence-corrected chi connectivity index (χ0v) is 27.9. The zero-order chi connectivity index (χ0) is 34.4. The van der Waals surface area contributed by atoms with Crippen LogP contribution < -0.4 is 4.74 Å². The normalized spacial score (nSPS) is 15.4. The maximum absolute atomic E-state index is 15.7. The number of nitrogens with zero attached hydrogens (tertiary/aromatic N) is 1. The molecule has 0 spiro atoms. The molecule has 0 fully saturated rings. The Hall–Kier alpha value is -3.92. The van der Waals surface area contributed by atoms with Crippen molar-refractivity contribution in [2.45, 2.75) is 92.2 Å². The summed E-state index contributed by atoms with van der Waals surface area (Å²) in [5.74, 6) is -1.20. The Morgan fingerprint density at radius 2 is 1.64 bits per heavy atom. The van der Waals surface area contributed by atoms with E-state index in [0.29, 0.717) is 42.7 Å². The van der Waals surface area contributed by atoms with Crippen LogP contribution in [0.3, 0.4) is 0 Å². The number of alkyl halides is 3. The quantitative estimate of drug-likeness (QED) is 0.197. The van der Waals surface area contributed by atoms with Crippen LogP contribution in [0.2, 0.25) is 0 Å². The Morgan fingerprint density at radius 3 is 2.26 bits per heavy atom. The van der Waals surface area contributed by atoms with E-state index in [1.54, 1.807) is 11.8 Å². The molecule has 1 amide bonds. The first-order valence-electron chi connectivity index (χ1n) is 15.9. The first-order chi connectivity index (χ1) is 22.0. The number of carbonyl (C=O) groups is 2. The van der Waals surface area contributed by atoms with Crippen LogP contribution in [-0.4, -0.2) is 42.1 Å². The fourth-order valence-corrected chi connectivity index (χ4v) is 6.77. The third kappa shape index (κ3) is 6.75. The number of hydrogen-bond acceptors (Lipinski definition) is 5. The molecule has 3 aromatic carbocycles. The molecule has 6 nitrogen and oxygen atoms in total. The summed E-state index contributed by atoms with van der Waals surface area (Å²) in [6, 6.07) is 5.66. The third-order valence-corrected chi connectivity index (χ3v) is 8.98. The van der Waals surface area contributed by atoms with Crippen molar-refractivity contribution in [1.29, 1.82) is 0 Å². The van der Waals surface area contributed by atoms with Gasteiger partial charge in [0.1, 0.15) is 0 Å². The average Bonchev–Trinajstić information content (AvgIpc) is 3.02. The SMILES string of the molecule is CCOC(=O)C(OC(C)(C)C)c1c(C)c2c(c(C)c1-c1cc(F)c3c(c1C)CCCO3)CN(C(=O)c1ccc(C(F)(F)F)cc1)CC2. The molecular formula is C37H41F4NO5. The van der Waals surface area contributed by atoms with Crippen LogP contribution in [0, 0.1) is 26.6 Å². The minimum absolute atomic E-state index is 0.145. The van der Waals surface area contributed by atoms with Crippen LogP contribution in [0.25, 0.3) is 11.1 Å². The van der Waals surface area contributed by atoms with E-state index in [2.05, 4.69) is 0 Å². The maximum atomic E-state index is 15.7. The summed E-state index contributed by atoms with van der Waals surface area (Å²) in [5, 5.41) is 0. The highest BCUT2D eigenvalue weighted by Crippen LogP contribution is 2.46. The van der Waals surface area contributed by atoms with Crippen molar-refractivity contribution in [3.63, 3.8) is 0 Å². The number of rotatable bonds is 6. The third-order valence-electron chi connectivity index (χ3n) is 8.98. The van der Waals surface area contributed by atoms with Crippen LogP contribution in [0.15, 0.2) is 30.3 Å². The van der Waals surface area contributed by atoms with Crippen LogP contribution in [0.1, 0.15) is 95.1 Å². The molecule has 3 aromatic rings. The molecule has 0 saturated heterocycles. The Labute approximate surface area is 273 Å². The lowest BCUT2D eigenvalue weighted by molar-refractivity contribution is -0.166. The lowest BCUT2D eigenvalue weighted by Crippen LogP contribution is -2.37. The standard InChI is InChI=1S/C37H41F4NO5/c1-8-45-35(44)33(47-36(5,6)7)31-21(3)25-15-16-42(34(43)23-11-13-24(14-12-23)37(39,40)41)19-28(25)22(4)30(31)27-18-29(38)32-26(20(27)2)10-9-17-46-32/h11-14,18,33H,8-10,15-17,19H2,1-7H3. The van der Waals surface area contributed by atoms with Crippen LogP contribution in [-0.2, 0) is 39.8 Å². The van der Waals surface area contributed by atoms with Gasteiger partial charge in [-0.25, -0.2) is 9.18 Å². The molecule has 0 aliphatic carbocycles. The molecule has 5 rings (SSSR count).